The normalized spacial score (nSPS) is 14.2. The van der Waals surface area contributed by atoms with Gasteiger partial charge < -0.3 is 10.2 Å². The van der Waals surface area contributed by atoms with Gasteiger partial charge in [-0.15, -0.1) is 11.3 Å². The topological polar surface area (TPSA) is 93.0 Å². The monoisotopic (exact) mass is 506 g/mol. The number of benzene rings is 1. The second kappa shape index (κ2) is 9.97. The summed E-state index contributed by atoms with van der Waals surface area (Å²) in [5.74, 6) is -0.0648. The van der Waals surface area contributed by atoms with Crippen molar-refractivity contribution in [2.24, 2.45) is 0 Å². The number of anilines is 1. The van der Waals surface area contributed by atoms with Crippen molar-refractivity contribution < 1.29 is 9.59 Å². The van der Waals surface area contributed by atoms with Crippen molar-refractivity contribution in [3.63, 3.8) is 0 Å². The highest BCUT2D eigenvalue weighted by Gasteiger charge is 2.28. The highest BCUT2D eigenvalue weighted by atomic mass is 35.5. The zero-order valence-corrected chi connectivity index (χ0v) is 20.6. The van der Waals surface area contributed by atoms with Crippen molar-refractivity contribution in [2.75, 3.05) is 18.4 Å². The van der Waals surface area contributed by atoms with E-state index in [4.69, 9.17) is 11.6 Å². The fourth-order valence-corrected chi connectivity index (χ4v) is 5.26. The number of rotatable bonds is 5. The third-order valence-electron chi connectivity index (χ3n) is 6.11. The molecular formula is C25H23ClN6O2S. The number of nitrogens with zero attached hydrogens (tertiary/aromatic N) is 5. The molecular weight excluding hydrogens is 484 g/mol. The number of nitrogens with one attached hydrogen (secondary N) is 1. The van der Waals surface area contributed by atoms with Crippen molar-refractivity contribution in [1.29, 1.82) is 0 Å². The summed E-state index contributed by atoms with van der Waals surface area (Å²) in [4.78, 5) is 36.1. The van der Waals surface area contributed by atoms with Gasteiger partial charge in [0.05, 0.1) is 40.0 Å². The lowest BCUT2D eigenvalue weighted by atomic mass is 9.97. The summed E-state index contributed by atoms with van der Waals surface area (Å²) >= 11 is 7.27. The Bertz CT molecular complexity index is 1340. The maximum atomic E-state index is 13.2. The summed E-state index contributed by atoms with van der Waals surface area (Å²) in [6, 6.07) is 13.1. The van der Waals surface area contributed by atoms with E-state index in [-0.39, 0.29) is 17.7 Å². The number of aromatic nitrogens is 4. The first-order chi connectivity index (χ1) is 17.0. The Kier molecular flexibility index (Phi) is 6.61. The van der Waals surface area contributed by atoms with E-state index in [1.807, 2.05) is 42.2 Å². The molecule has 0 atom stereocenters. The van der Waals surface area contributed by atoms with Crippen LogP contribution in [0.5, 0.6) is 0 Å². The molecule has 0 bridgehead atoms. The van der Waals surface area contributed by atoms with Crippen LogP contribution in [0.1, 0.15) is 50.3 Å². The molecule has 1 aliphatic rings. The van der Waals surface area contributed by atoms with E-state index in [1.54, 1.807) is 28.4 Å². The average Bonchev–Trinajstić information content (AvgIpc) is 3.53. The average molecular weight is 507 g/mol. The van der Waals surface area contributed by atoms with Gasteiger partial charge in [-0.2, -0.15) is 5.10 Å². The Labute approximate surface area is 211 Å². The van der Waals surface area contributed by atoms with E-state index in [9.17, 15) is 9.59 Å². The van der Waals surface area contributed by atoms with Gasteiger partial charge >= 0.3 is 0 Å². The fourth-order valence-electron chi connectivity index (χ4n) is 4.17. The molecule has 178 valence electrons. The molecule has 4 aromatic rings. The van der Waals surface area contributed by atoms with Gasteiger partial charge in [-0.25, -0.2) is 14.6 Å². The van der Waals surface area contributed by atoms with E-state index >= 15 is 0 Å². The smallest absolute Gasteiger partial charge is 0.275 e. The van der Waals surface area contributed by atoms with Gasteiger partial charge in [0.2, 0.25) is 0 Å². The molecule has 1 saturated heterocycles. The number of amides is 2. The molecule has 0 aliphatic carbocycles. The van der Waals surface area contributed by atoms with Crippen LogP contribution in [0.25, 0.3) is 5.69 Å². The molecule has 1 aliphatic heterocycles. The number of thiazole rings is 1. The van der Waals surface area contributed by atoms with Crippen LogP contribution in [0.4, 0.5) is 5.69 Å². The van der Waals surface area contributed by atoms with Gasteiger partial charge in [0.25, 0.3) is 11.8 Å². The molecule has 0 unspecified atom stereocenters. The van der Waals surface area contributed by atoms with Crippen molar-refractivity contribution in [1.82, 2.24) is 24.6 Å². The molecule has 4 heterocycles. The lowest BCUT2D eigenvalue weighted by molar-refractivity contribution is 0.0712. The van der Waals surface area contributed by atoms with Gasteiger partial charge in [0.1, 0.15) is 10.8 Å². The number of carbonyl (C=O) groups is 2. The van der Waals surface area contributed by atoms with Gasteiger partial charge in [-0.3, -0.25) is 9.59 Å². The Hall–Kier alpha value is -3.56. The van der Waals surface area contributed by atoms with Crippen LogP contribution in [0.3, 0.4) is 0 Å². The Morgan fingerprint density at radius 1 is 1.09 bits per heavy atom. The van der Waals surface area contributed by atoms with Crippen molar-refractivity contribution in [3.05, 3.63) is 87.4 Å². The Morgan fingerprint density at radius 3 is 2.57 bits per heavy atom. The molecule has 5 rings (SSSR count). The van der Waals surface area contributed by atoms with Crippen LogP contribution < -0.4 is 5.32 Å². The van der Waals surface area contributed by atoms with E-state index in [2.05, 4.69) is 20.4 Å². The zero-order valence-electron chi connectivity index (χ0n) is 19.0. The van der Waals surface area contributed by atoms with Crippen molar-refractivity contribution >= 4 is 40.4 Å². The standard InChI is InChI=1S/C25H23ClN6O2S/c1-16-20(14-28-32(16)19-5-3-2-4-6-19)25(34)31-11-9-17(10-12-31)24-30-21(15-35-24)23(33)29-18-7-8-22(26)27-13-18/h2-8,13-15,17H,9-12H2,1H3,(H,29,33). The summed E-state index contributed by atoms with van der Waals surface area (Å²) in [6.07, 6.45) is 4.75. The number of hydrogen-bond acceptors (Lipinski definition) is 6. The number of hydrogen-bond donors (Lipinski definition) is 1. The molecule has 35 heavy (non-hydrogen) atoms. The molecule has 0 spiro atoms. The summed E-state index contributed by atoms with van der Waals surface area (Å²) in [6.45, 7) is 3.19. The number of halogens is 1. The fraction of sp³-hybridized carbons (Fsp3) is 0.240. The molecule has 3 aromatic heterocycles. The zero-order chi connectivity index (χ0) is 24.4. The summed E-state index contributed by atoms with van der Waals surface area (Å²) < 4.78 is 1.79. The second-order valence-corrected chi connectivity index (χ2v) is 9.63. The Morgan fingerprint density at radius 2 is 1.86 bits per heavy atom. The first kappa shape index (κ1) is 23.2. The molecule has 1 fully saturated rings. The molecule has 10 heteroatoms. The number of piperidine rings is 1. The largest absolute Gasteiger partial charge is 0.338 e. The molecule has 0 saturated carbocycles. The third-order valence-corrected chi connectivity index (χ3v) is 7.34. The lowest BCUT2D eigenvalue weighted by Crippen LogP contribution is -2.38. The first-order valence-electron chi connectivity index (χ1n) is 11.3. The molecule has 8 nitrogen and oxygen atoms in total. The minimum atomic E-state index is -0.282. The van der Waals surface area contributed by atoms with Crippen LogP contribution in [0.15, 0.2) is 60.2 Å². The molecule has 2 amide bonds. The van der Waals surface area contributed by atoms with Crippen LogP contribution >= 0.6 is 22.9 Å². The van der Waals surface area contributed by atoms with Gasteiger partial charge in [-0.05, 0) is 44.0 Å². The summed E-state index contributed by atoms with van der Waals surface area (Å²) in [7, 11) is 0. The van der Waals surface area contributed by atoms with Crippen LogP contribution in [0, 0.1) is 6.92 Å². The van der Waals surface area contributed by atoms with E-state index in [1.165, 1.54) is 17.5 Å². The van der Waals surface area contributed by atoms with E-state index < -0.39 is 0 Å². The van der Waals surface area contributed by atoms with Crippen molar-refractivity contribution in [2.45, 2.75) is 25.7 Å². The second-order valence-electron chi connectivity index (χ2n) is 8.35. The number of likely N-dealkylation sites (tertiary alicyclic amines) is 1. The predicted molar refractivity (Wildman–Crippen MR) is 135 cm³/mol. The van der Waals surface area contributed by atoms with Crippen LogP contribution in [-0.2, 0) is 0 Å². The SMILES string of the molecule is Cc1c(C(=O)N2CCC(c3nc(C(=O)Nc4ccc(Cl)nc4)cs3)CC2)cnn1-c1ccccc1. The van der Waals surface area contributed by atoms with E-state index in [0.29, 0.717) is 35.2 Å². The summed E-state index contributed by atoms with van der Waals surface area (Å²) in [5, 5.41) is 10.3. The van der Waals surface area contributed by atoms with Gasteiger partial charge in [-0.1, -0.05) is 29.8 Å². The molecule has 0 radical (unpaired) electrons. The van der Waals surface area contributed by atoms with Crippen LogP contribution in [-0.4, -0.2) is 49.6 Å². The molecule has 1 aromatic carbocycles. The predicted octanol–water partition coefficient (Wildman–Crippen LogP) is 4.96. The maximum absolute atomic E-state index is 13.2. The summed E-state index contributed by atoms with van der Waals surface area (Å²) in [5.41, 5.74) is 3.32. The minimum Gasteiger partial charge on any atom is -0.338 e. The first-order valence-corrected chi connectivity index (χ1v) is 12.5. The number of carbonyl (C=O) groups excluding carboxylic acids is 2. The number of para-hydroxylation sites is 1. The maximum Gasteiger partial charge on any atom is 0.275 e. The lowest BCUT2D eigenvalue weighted by Gasteiger charge is -2.31. The van der Waals surface area contributed by atoms with Gasteiger partial charge in [0, 0.05) is 24.4 Å². The Balaban J connectivity index is 1.20. The highest BCUT2D eigenvalue weighted by Crippen LogP contribution is 2.31. The van der Waals surface area contributed by atoms with Crippen LogP contribution in [0.2, 0.25) is 5.15 Å². The minimum absolute atomic E-state index is 0.00101. The highest BCUT2D eigenvalue weighted by molar-refractivity contribution is 7.10. The third kappa shape index (κ3) is 4.96. The number of pyridine rings is 1. The molecule has 1 N–H and O–H groups in total. The van der Waals surface area contributed by atoms with Crippen molar-refractivity contribution in [3.8, 4) is 5.69 Å². The van der Waals surface area contributed by atoms with E-state index in [0.717, 1.165) is 29.2 Å². The quantitative estimate of drug-likeness (QED) is 0.386. The van der Waals surface area contributed by atoms with Gasteiger partial charge in [0.15, 0.2) is 0 Å².